The molecule has 0 spiro atoms. The molecule has 0 radical (unpaired) electrons. The Morgan fingerprint density at radius 1 is 1.26 bits per heavy atom. The number of aryl methyl sites for hydroxylation is 1. The normalized spacial score (nSPS) is 8.52. The molecule has 150 valence electrons. The van der Waals surface area contributed by atoms with Crippen LogP contribution >= 0.6 is 0 Å². The van der Waals surface area contributed by atoms with Crippen LogP contribution in [0.5, 0.6) is 5.75 Å². The molecule has 0 atom stereocenters. The molecule has 1 aromatic heterocycles. The van der Waals surface area contributed by atoms with E-state index >= 15 is 0 Å². The lowest BCUT2D eigenvalue weighted by Gasteiger charge is -2.09. The molecule has 0 unspecified atom stereocenters. The van der Waals surface area contributed by atoms with Crippen LogP contribution in [0.3, 0.4) is 0 Å². The van der Waals surface area contributed by atoms with Crippen LogP contribution in [0.15, 0.2) is 35.7 Å². The zero-order valence-corrected chi connectivity index (χ0v) is 14.4. The Bertz CT molecular complexity index is 753. The van der Waals surface area contributed by atoms with Crippen molar-refractivity contribution < 1.29 is 25.3 Å². The highest BCUT2D eigenvalue weighted by molar-refractivity contribution is 5.79. The summed E-state index contributed by atoms with van der Waals surface area (Å²) in [6.07, 6.45) is 3.64. The van der Waals surface area contributed by atoms with Gasteiger partial charge in [-0.3, -0.25) is 0 Å². The molecule has 0 aliphatic rings. The minimum Gasteiger partial charge on any atom is -0.494 e. The molecule has 1 aromatic carbocycles. The lowest BCUT2D eigenvalue weighted by atomic mass is 10.2. The van der Waals surface area contributed by atoms with E-state index in [-0.39, 0.29) is 12.1 Å². The van der Waals surface area contributed by atoms with Crippen LogP contribution in [0.2, 0.25) is 0 Å². The zero-order chi connectivity index (χ0) is 20.3. The topological polar surface area (TPSA) is 253 Å². The van der Waals surface area contributed by atoms with Gasteiger partial charge in [0.05, 0.1) is 30.5 Å². The number of aliphatic imine (C=N–C) groups is 1. The molecule has 27 heavy (non-hydrogen) atoms. The van der Waals surface area contributed by atoms with Crippen molar-refractivity contribution in [2.75, 3.05) is 7.11 Å². The minimum atomic E-state index is -1.50. The van der Waals surface area contributed by atoms with Crippen molar-refractivity contribution in [1.29, 1.82) is 0 Å². The molecule has 0 aliphatic carbocycles. The summed E-state index contributed by atoms with van der Waals surface area (Å²) in [4.78, 5) is 24.9. The van der Waals surface area contributed by atoms with Crippen LogP contribution in [0.25, 0.3) is 5.69 Å². The third-order valence-corrected chi connectivity index (χ3v) is 2.41. The minimum absolute atomic E-state index is 0. The number of nitrogens with two attached hydrogens (primary N) is 2. The summed E-state index contributed by atoms with van der Waals surface area (Å²) >= 11 is 0. The molecule has 0 bridgehead atoms. The molecule has 9 N–H and O–H groups in total. The van der Waals surface area contributed by atoms with Crippen molar-refractivity contribution in [3.8, 4) is 11.4 Å². The summed E-state index contributed by atoms with van der Waals surface area (Å²) in [5, 5.41) is 27.3. The summed E-state index contributed by atoms with van der Waals surface area (Å²) < 4.78 is 7.21. The molecule has 2 rings (SSSR count). The van der Waals surface area contributed by atoms with Gasteiger partial charge in [-0.2, -0.15) is 0 Å². The standard InChI is InChI=1S/C12H15N5O.2HNO3.H3N/c1-8-6-17(7-15-8)10-4-3-9(16-12(13)14)5-11(10)18-2;2*2-1(3)4;/h3-7H,1-2H3,(H4,13,14,16);2*(H,2,3,4);1H3. The first kappa shape index (κ1) is 25.1. The molecule has 0 aliphatic heterocycles. The van der Waals surface area contributed by atoms with Gasteiger partial charge in [0.25, 0.3) is 10.2 Å². The second kappa shape index (κ2) is 12.3. The predicted molar refractivity (Wildman–Crippen MR) is 92.9 cm³/mol. The van der Waals surface area contributed by atoms with E-state index in [1.165, 1.54) is 0 Å². The van der Waals surface area contributed by atoms with Crippen molar-refractivity contribution in [1.82, 2.24) is 15.7 Å². The van der Waals surface area contributed by atoms with Crippen LogP contribution < -0.4 is 22.4 Å². The Morgan fingerprint density at radius 2 is 1.78 bits per heavy atom. The predicted octanol–water partition coefficient (Wildman–Crippen LogP) is 0.561. The molecular weight excluding hydrogens is 368 g/mol. The van der Waals surface area contributed by atoms with Crippen LogP contribution in [0.4, 0.5) is 5.69 Å². The Labute approximate surface area is 152 Å². The van der Waals surface area contributed by atoms with Crippen molar-refractivity contribution in [3.63, 3.8) is 0 Å². The highest BCUT2D eigenvalue weighted by Crippen LogP contribution is 2.28. The third kappa shape index (κ3) is 11.1. The zero-order valence-electron chi connectivity index (χ0n) is 14.4. The lowest BCUT2D eigenvalue weighted by Crippen LogP contribution is -2.21. The van der Waals surface area contributed by atoms with Gasteiger partial charge in [0.1, 0.15) is 5.75 Å². The summed E-state index contributed by atoms with van der Waals surface area (Å²) in [5.41, 5.74) is 13.1. The Balaban J connectivity index is 0. The Kier molecular flexibility index (Phi) is 11.4. The van der Waals surface area contributed by atoms with E-state index < -0.39 is 10.2 Å². The van der Waals surface area contributed by atoms with Gasteiger partial charge in [0.15, 0.2) is 5.96 Å². The van der Waals surface area contributed by atoms with Crippen LogP contribution in [-0.2, 0) is 0 Å². The van der Waals surface area contributed by atoms with Gasteiger partial charge < -0.3 is 37.3 Å². The summed E-state index contributed by atoms with van der Waals surface area (Å²) in [5.74, 6) is 0.693. The molecular formula is C12H20N8O7. The highest BCUT2D eigenvalue weighted by Gasteiger charge is 2.06. The number of imidazole rings is 1. The maximum absolute atomic E-state index is 8.36. The van der Waals surface area contributed by atoms with E-state index in [2.05, 4.69) is 9.98 Å². The number of benzene rings is 1. The smallest absolute Gasteiger partial charge is 0.291 e. The summed E-state index contributed by atoms with van der Waals surface area (Å²) in [6, 6.07) is 5.46. The molecule has 15 heteroatoms. The first-order valence-corrected chi connectivity index (χ1v) is 6.52. The van der Waals surface area contributed by atoms with Crippen LogP contribution in [0.1, 0.15) is 5.69 Å². The fourth-order valence-corrected chi connectivity index (χ4v) is 1.65. The van der Waals surface area contributed by atoms with E-state index in [0.717, 1.165) is 11.4 Å². The number of nitrogens with zero attached hydrogens (tertiary/aromatic N) is 5. The van der Waals surface area contributed by atoms with Gasteiger partial charge in [0, 0.05) is 12.3 Å². The van der Waals surface area contributed by atoms with Crippen molar-refractivity contribution in [3.05, 3.63) is 56.6 Å². The number of guanidine groups is 1. The van der Waals surface area contributed by atoms with Gasteiger partial charge in [-0.25, -0.2) is 9.98 Å². The maximum Gasteiger partial charge on any atom is 0.291 e. The largest absolute Gasteiger partial charge is 0.494 e. The van der Waals surface area contributed by atoms with Crippen molar-refractivity contribution >= 4 is 11.6 Å². The molecule has 0 amide bonds. The SMILES string of the molecule is COc1cc(N=C(N)N)ccc1-n1cnc(C)c1.N.O=[N+]([O-])O.O=[N+]([O-])O. The van der Waals surface area contributed by atoms with Crippen molar-refractivity contribution in [2.24, 2.45) is 16.5 Å². The van der Waals surface area contributed by atoms with E-state index in [4.69, 9.17) is 46.8 Å². The number of hydrogen-bond acceptors (Lipinski definition) is 8. The Morgan fingerprint density at radius 3 is 2.15 bits per heavy atom. The lowest BCUT2D eigenvalue weighted by molar-refractivity contribution is -0.742. The first-order valence-electron chi connectivity index (χ1n) is 6.52. The number of ether oxygens (including phenoxy) is 1. The quantitative estimate of drug-likeness (QED) is 0.210. The van der Waals surface area contributed by atoms with E-state index in [0.29, 0.717) is 11.4 Å². The van der Waals surface area contributed by atoms with Crippen LogP contribution in [-0.4, -0.2) is 43.2 Å². The first-order chi connectivity index (χ1) is 12.1. The Hall–Kier alpha value is -4.14. The number of methoxy groups -OCH3 is 1. The van der Waals surface area contributed by atoms with Crippen molar-refractivity contribution in [2.45, 2.75) is 6.92 Å². The van der Waals surface area contributed by atoms with Gasteiger partial charge in [-0.15, -0.1) is 20.2 Å². The van der Waals surface area contributed by atoms with Crippen LogP contribution in [0, 0.1) is 27.2 Å². The molecule has 0 saturated heterocycles. The highest BCUT2D eigenvalue weighted by atomic mass is 16.9. The molecule has 1 heterocycles. The van der Waals surface area contributed by atoms with Gasteiger partial charge >= 0.3 is 0 Å². The maximum atomic E-state index is 8.36. The summed E-state index contributed by atoms with van der Waals surface area (Å²) in [7, 11) is 1.60. The van der Waals surface area contributed by atoms with Gasteiger partial charge in [0.2, 0.25) is 0 Å². The fraction of sp³-hybridized carbons (Fsp3) is 0.167. The monoisotopic (exact) mass is 388 g/mol. The van der Waals surface area contributed by atoms with E-state index in [1.807, 2.05) is 29.8 Å². The van der Waals surface area contributed by atoms with Gasteiger partial charge in [-0.1, -0.05) is 0 Å². The molecule has 0 fully saturated rings. The summed E-state index contributed by atoms with van der Waals surface area (Å²) in [6.45, 7) is 1.93. The number of aromatic nitrogens is 2. The number of hydrogen-bond donors (Lipinski definition) is 5. The average molecular weight is 388 g/mol. The second-order valence-electron chi connectivity index (χ2n) is 4.29. The molecule has 2 aromatic rings. The number of rotatable bonds is 3. The average Bonchev–Trinajstić information content (AvgIpc) is 2.91. The fourth-order valence-electron chi connectivity index (χ4n) is 1.65. The van der Waals surface area contributed by atoms with E-state index in [9.17, 15) is 0 Å². The molecule has 15 nitrogen and oxygen atoms in total. The van der Waals surface area contributed by atoms with E-state index in [1.54, 1.807) is 19.5 Å². The molecule has 0 saturated carbocycles. The van der Waals surface area contributed by atoms with Gasteiger partial charge in [-0.05, 0) is 19.1 Å². The third-order valence-electron chi connectivity index (χ3n) is 2.41. The second-order valence-corrected chi connectivity index (χ2v) is 4.29.